The van der Waals surface area contributed by atoms with E-state index in [0.29, 0.717) is 11.3 Å². The summed E-state index contributed by atoms with van der Waals surface area (Å²) in [6, 6.07) is 27.3. The highest BCUT2D eigenvalue weighted by Crippen LogP contribution is 2.41. The molecule has 1 saturated heterocycles. The summed E-state index contributed by atoms with van der Waals surface area (Å²) < 4.78 is 5.99. The van der Waals surface area contributed by atoms with Gasteiger partial charge in [0.1, 0.15) is 17.1 Å². The molecule has 0 spiro atoms. The van der Waals surface area contributed by atoms with Crippen LogP contribution in [0.3, 0.4) is 0 Å². The maximum Gasteiger partial charge on any atom is 0.356 e. The molecule has 0 saturated carbocycles. The Morgan fingerprint density at radius 2 is 1.51 bits per heavy atom. The summed E-state index contributed by atoms with van der Waals surface area (Å²) in [5.74, 6) is -0.997. The quantitative estimate of drug-likeness (QED) is 0.354. The van der Waals surface area contributed by atoms with E-state index in [0.717, 1.165) is 16.7 Å². The monoisotopic (exact) mass is 514 g/mol. The van der Waals surface area contributed by atoms with Crippen molar-refractivity contribution in [3.63, 3.8) is 0 Å². The van der Waals surface area contributed by atoms with Gasteiger partial charge in [-0.1, -0.05) is 91.0 Å². The van der Waals surface area contributed by atoms with Gasteiger partial charge in [-0.2, -0.15) is 0 Å². The van der Waals surface area contributed by atoms with Crippen molar-refractivity contribution in [3.05, 3.63) is 119 Å². The fourth-order valence-electron chi connectivity index (χ4n) is 4.55. The molecule has 2 atom stereocenters. The molecule has 0 bridgehead atoms. The van der Waals surface area contributed by atoms with Crippen LogP contribution < -0.4 is 5.32 Å². The zero-order valence-corrected chi connectivity index (χ0v) is 20.8. The van der Waals surface area contributed by atoms with Crippen LogP contribution in [0, 0.1) is 0 Å². The van der Waals surface area contributed by atoms with Crippen LogP contribution in [-0.4, -0.2) is 51.6 Å². The second-order valence-corrected chi connectivity index (χ2v) is 9.94. The maximum atomic E-state index is 13.5. The highest BCUT2D eigenvalue weighted by molar-refractivity contribution is 8.00. The molecule has 37 heavy (non-hydrogen) atoms. The van der Waals surface area contributed by atoms with Crippen LogP contribution in [0.4, 0.5) is 0 Å². The van der Waals surface area contributed by atoms with Crippen molar-refractivity contribution in [1.82, 2.24) is 10.2 Å². The Bertz CT molecular complexity index is 1270. The minimum absolute atomic E-state index is 0.0571. The zero-order valence-electron chi connectivity index (χ0n) is 19.9. The Morgan fingerprint density at radius 3 is 2.08 bits per heavy atom. The number of esters is 1. The van der Waals surface area contributed by atoms with Crippen molar-refractivity contribution in [2.45, 2.75) is 23.9 Å². The fourth-order valence-corrected chi connectivity index (χ4v) is 5.88. The van der Waals surface area contributed by atoms with Gasteiger partial charge >= 0.3 is 5.97 Å². The minimum atomic E-state index is -0.747. The summed E-state index contributed by atoms with van der Waals surface area (Å²) in [5, 5.41) is 12.3. The number of aliphatic hydroxyl groups is 1. The molecule has 8 heteroatoms. The number of nitrogens with zero attached hydrogens (tertiary/aromatic N) is 1. The minimum Gasteiger partial charge on any atom is -0.448 e. The van der Waals surface area contributed by atoms with Crippen LogP contribution >= 0.6 is 11.8 Å². The Hall–Kier alpha value is -3.88. The Kier molecular flexibility index (Phi) is 7.39. The fraction of sp³-hybridized carbons (Fsp3) is 0.207. The first-order chi connectivity index (χ1) is 18.1. The molecule has 2 aliphatic heterocycles. The number of thioether (sulfide) groups is 1. The van der Waals surface area contributed by atoms with Crippen LogP contribution in [0.1, 0.15) is 22.8 Å². The lowest BCUT2D eigenvalue weighted by atomic mass is 10.0. The normalized spacial score (nSPS) is 18.8. The van der Waals surface area contributed by atoms with Crippen molar-refractivity contribution >= 4 is 29.5 Å². The molecular weight excluding hydrogens is 488 g/mol. The van der Waals surface area contributed by atoms with Gasteiger partial charge in [0.05, 0.1) is 13.0 Å². The van der Waals surface area contributed by atoms with Gasteiger partial charge in [-0.25, -0.2) is 4.79 Å². The summed E-state index contributed by atoms with van der Waals surface area (Å²) in [7, 11) is 0. The second kappa shape index (κ2) is 11.0. The van der Waals surface area contributed by atoms with Gasteiger partial charge in [0, 0.05) is 5.75 Å². The second-order valence-electron chi connectivity index (χ2n) is 8.83. The molecule has 5 rings (SSSR count). The van der Waals surface area contributed by atoms with E-state index in [-0.39, 0.29) is 24.6 Å². The molecular formula is C29H26N2O5S. The summed E-state index contributed by atoms with van der Waals surface area (Å²) in [4.78, 5) is 40.7. The van der Waals surface area contributed by atoms with Crippen LogP contribution in [0.25, 0.3) is 0 Å². The Balaban J connectivity index is 1.35. The molecule has 0 aliphatic carbocycles. The first kappa shape index (κ1) is 24.8. The number of benzene rings is 3. The van der Waals surface area contributed by atoms with Crippen LogP contribution in [0.5, 0.6) is 0 Å². The number of fused-ring (bicyclic) bond motifs is 1. The highest BCUT2D eigenvalue weighted by Gasteiger charge is 2.54. The number of hydrogen-bond acceptors (Lipinski definition) is 6. The maximum absolute atomic E-state index is 13.5. The van der Waals surface area contributed by atoms with Gasteiger partial charge in [0.25, 0.3) is 5.91 Å². The molecule has 0 radical (unpaired) electrons. The summed E-state index contributed by atoms with van der Waals surface area (Å²) in [5.41, 5.74) is 2.90. The average Bonchev–Trinajstić information content (AvgIpc) is 2.95. The SMILES string of the molecule is O=C(Cc1ccccc1)NC1C(=O)N2C(C(=O)OC(c3ccccc3)c3ccccc3)=C(CO)CS[C@H]12. The molecule has 2 amide bonds. The van der Waals surface area contributed by atoms with Gasteiger partial charge < -0.3 is 15.2 Å². The lowest BCUT2D eigenvalue weighted by molar-refractivity contribution is -0.154. The van der Waals surface area contributed by atoms with E-state index in [2.05, 4.69) is 5.32 Å². The number of ether oxygens (including phenoxy) is 1. The molecule has 1 unspecified atom stereocenters. The van der Waals surface area contributed by atoms with Gasteiger partial charge in [0.2, 0.25) is 5.91 Å². The first-order valence-electron chi connectivity index (χ1n) is 12.0. The summed E-state index contributed by atoms with van der Waals surface area (Å²) in [6.45, 7) is -0.375. The van der Waals surface area contributed by atoms with E-state index < -0.39 is 29.4 Å². The van der Waals surface area contributed by atoms with Crippen molar-refractivity contribution < 1.29 is 24.2 Å². The van der Waals surface area contributed by atoms with E-state index in [4.69, 9.17) is 4.74 Å². The van der Waals surface area contributed by atoms with Crippen molar-refractivity contribution in [1.29, 1.82) is 0 Å². The van der Waals surface area contributed by atoms with Crippen LogP contribution in [0.15, 0.2) is 102 Å². The third-order valence-corrected chi connectivity index (χ3v) is 7.72. The number of carbonyl (C=O) groups is 3. The molecule has 0 aromatic heterocycles. The zero-order chi connectivity index (χ0) is 25.8. The van der Waals surface area contributed by atoms with E-state index in [1.807, 2.05) is 91.0 Å². The van der Waals surface area contributed by atoms with E-state index >= 15 is 0 Å². The van der Waals surface area contributed by atoms with Gasteiger partial charge in [0.15, 0.2) is 6.10 Å². The molecule has 3 aromatic carbocycles. The molecule has 1 fully saturated rings. The molecule has 188 valence electrons. The Morgan fingerprint density at radius 1 is 0.946 bits per heavy atom. The molecule has 2 aliphatic rings. The number of hydrogen-bond donors (Lipinski definition) is 2. The number of carbonyl (C=O) groups excluding carboxylic acids is 3. The van der Waals surface area contributed by atoms with Crippen molar-refractivity contribution in [2.24, 2.45) is 0 Å². The largest absolute Gasteiger partial charge is 0.448 e. The number of rotatable bonds is 8. The topological polar surface area (TPSA) is 95.9 Å². The number of β-lactam (4-membered cyclic amide) rings is 1. The van der Waals surface area contributed by atoms with Crippen LogP contribution in [0.2, 0.25) is 0 Å². The van der Waals surface area contributed by atoms with Gasteiger partial charge in [-0.05, 0) is 22.3 Å². The lowest BCUT2D eigenvalue weighted by Crippen LogP contribution is -2.70. The molecule has 3 aromatic rings. The van der Waals surface area contributed by atoms with Gasteiger partial charge in [-0.3, -0.25) is 14.5 Å². The molecule has 2 heterocycles. The van der Waals surface area contributed by atoms with E-state index in [9.17, 15) is 19.5 Å². The van der Waals surface area contributed by atoms with E-state index in [1.165, 1.54) is 16.7 Å². The summed E-state index contributed by atoms with van der Waals surface area (Å²) in [6.07, 6.45) is -0.530. The van der Waals surface area contributed by atoms with E-state index in [1.54, 1.807) is 0 Å². The molecule has 2 N–H and O–H groups in total. The highest BCUT2D eigenvalue weighted by atomic mass is 32.2. The standard InChI is InChI=1S/C29H26N2O5S/c32-17-22-18-37-28-24(30-23(33)16-19-10-4-1-5-11-19)27(34)31(28)25(22)29(35)36-26(20-12-6-2-7-13-20)21-14-8-3-9-15-21/h1-15,24,26,28,32H,16-18H2,(H,30,33)/t24?,28-/m1/s1. The Labute approximate surface area is 219 Å². The van der Waals surface area contributed by atoms with Crippen LogP contribution in [-0.2, 0) is 25.5 Å². The third kappa shape index (κ3) is 5.16. The smallest absolute Gasteiger partial charge is 0.356 e. The predicted molar refractivity (Wildman–Crippen MR) is 140 cm³/mol. The number of nitrogens with one attached hydrogen (secondary N) is 1. The van der Waals surface area contributed by atoms with Crippen molar-refractivity contribution in [2.75, 3.05) is 12.4 Å². The number of amides is 2. The van der Waals surface area contributed by atoms with Gasteiger partial charge in [-0.15, -0.1) is 11.8 Å². The van der Waals surface area contributed by atoms with Crippen molar-refractivity contribution in [3.8, 4) is 0 Å². The summed E-state index contributed by atoms with van der Waals surface area (Å²) >= 11 is 1.40. The molecule has 7 nitrogen and oxygen atoms in total. The third-order valence-electron chi connectivity index (χ3n) is 6.38. The lowest BCUT2D eigenvalue weighted by Gasteiger charge is -2.49. The first-order valence-corrected chi connectivity index (χ1v) is 13.0. The average molecular weight is 515 g/mol. The number of aliphatic hydroxyl groups excluding tert-OH is 1. The predicted octanol–water partition coefficient (Wildman–Crippen LogP) is 3.21.